The number of ether oxygens (including phenoxy) is 1. The molecule has 0 fully saturated rings. The van der Waals surface area contributed by atoms with Gasteiger partial charge in [0.15, 0.2) is 5.82 Å². The molecule has 0 heterocycles. The maximum atomic E-state index is 13.7. The van der Waals surface area contributed by atoms with Crippen LogP contribution in [0, 0.1) is 5.82 Å². The molecule has 0 radical (unpaired) electrons. The first-order valence-corrected chi connectivity index (χ1v) is 6.55. The van der Waals surface area contributed by atoms with E-state index in [9.17, 15) is 9.18 Å². The number of carbonyl (C=O) groups excluding carboxylic acids is 1. The monoisotopic (exact) mass is 308 g/mol. The zero-order valence-corrected chi connectivity index (χ0v) is 12.1. The zero-order chi connectivity index (χ0) is 15.4. The number of halogens is 2. The van der Waals surface area contributed by atoms with Gasteiger partial charge in [-0.1, -0.05) is 17.7 Å². The van der Waals surface area contributed by atoms with E-state index >= 15 is 0 Å². The summed E-state index contributed by atoms with van der Waals surface area (Å²) in [6.45, 7) is 0.166. The summed E-state index contributed by atoms with van der Waals surface area (Å²) in [4.78, 5) is 12.0. The van der Waals surface area contributed by atoms with Crippen molar-refractivity contribution in [1.82, 2.24) is 5.32 Å². The Morgan fingerprint density at radius 3 is 2.86 bits per heavy atom. The summed E-state index contributed by atoms with van der Waals surface area (Å²) in [6.07, 6.45) is 0. The molecule has 0 saturated carbocycles. The lowest BCUT2D eigenvalue weighted by Crippen LogP contribution is -2.24. The average Bonchev–Trinajstić information content (AvgIpc) is 2.47. The molecule has 21 heavy (non-hydrogen) atoms. The predicted octanol–water partition coefficient (Wildman–Crippen LogP) is 3.00. The first-order chi connectivity index (χ1) is 10.0. The first-order valence-electron chi connectivity index (χ1n) is 6.17. The van der Waals surface area contributed by atoms with Gasteiger partial charge in [-0.25, -0.2) is 4.39 Å². The van der Waals surface area contributed by atoms with E-state index in [1.165, 1.54) is 25.3 Å². The number of anilines is 1. The Labute approximate surface area is 126 Å². The molecule has 0 bridgehead atoms. The van der Waals surface area contributed by atoms with Crippen LogP contribution in [0.15, 0.2) is 36.4 Å². The lowest BCUT2D eigenvalue weighted by atomic mass is 10.1. The fraction of sp³-hybridized carbons (Fsp3) is 0.133. The summed E-state index contributed by atoms with van der Waals surface area (Å²) in [7, 11) is 1.52. The van der Waals surface area contributed by atoms with Crippen molar-refractivity contribution in [2.75, 3.05) is 12.8 Å². The van der Waals surface area contributed by atoms with E-state index in [0.29, 0.717) is 17.0 Å². The number of hydrogen-bond acceptors (Lipinski definition) is 3. The number of nitrogens with two attached hydrogens (primary N) is 1. The Kier molecular flexibility index (Phi) is 4.65. The highest BCUT2D eigenvalue weighted by Crippen LogP contribution is 2.21. The van der Waals surface area contributed by atoms with Crippen molar-refractivity contribution in [3.05, 3.63) is 58.4 Å². The van der Waals surface area contributed by atoms with Crippen LogP contribution in [0.1, 0.15) is 15.9 Å². The van der Waals surface area contributed by atoms with Crippen molar-refractivity contribution in [2.45, 2.75) is 6.54 Å². The van der Waals surface area contributed by atoms with E-state index in [2.05, 4.69) is 5.32 Å². The van der Waals surface area contributed by atoms with Gasteiger partial charge in [-0.2, -0.15) is 0 Å². The topological polar surface area (TPSA) is 64.3 Å². The third-order valence-electron chi connectivity index (χ3n) is 2.94. The summed E-state index contributed by atoms with van der Waals surface area (Å²) in [5, 5.41) is 2.52. The molecule has 0 aliphatic rings. The van der Waals surface area contributed by atoms with Crippen molar-refractivity contribution in [1.29, 1.82) is 0 Å². The van der Waals surface area contributed by atoms with E-state index in [4.69, 9.17) is 22.1 Å². The van der Waals surface area contributed by atoms with Gasteiger partial charge in [-0.3, -0.25) is 4.79 Å². The highest BCUT2D eigenvalue weighted by atomic mass is 35.5. The predicted molar refractivity (Wildman–Crippen MR) is 80.0 cm³/mol. The number of nitrogen functional groups attached to an aromatic ring is 1. The number of methoxy groups -OCH3 is 1. The van der Waals surface area contributed by atoms with Gasteiger partial charge in [-0.05, 0) is 30.3 Å². The van der Waals surface area contributed by atoms with Crippen LogP contribution in [0.4, 0.5) is 10.1 Å². The summed E-state index contributed by atoms with van der Waals surface area (Å²) in [5.74, 6) is -0.702. The molecule has 4 nitrogen and oxygen atoms in total. The zero-order valence-electron chi connectivity index (χ0n) is 11.3. The van der Waals surface area contributed by atoms with Gasteiger partial charge in [0.2, 0.25) is 0 Å². The number of rotatable bonds is 4. The van der Waals surface area contributed by atoms with Crippen molar-refractivity contribution < 1.29 is 13.9 Å². The molecule has 1 amide bonds. The SMILES string of the molecule is COc1ccc(N)cc1CNC(=O)c1cccc(Cl)c1F. The molecule has 2 aromatic rings. The van der Waals surface area contributed by atoms with Crippen LogP contribution >= 0.6 is 11.6 Å². The number of carbonyl (C=O) groups is 1. The minimum Gasteiger partial charge on any atom is -0.496 e. The Balaban J connectivity index is 2.15. The number of nitrogens with one attached hydrogen (secondary N) is 1. The van der Waals surface area contributed by atoms with Gasteiger partial charge in [-0.15, -0.1) is 0 Å². The van der Waals surface area contributed by atoms with Crippen molar-refractivity contribution in [2.24, 2.45) is 0 Å². The standard InChI is InChI=1S/C15H14ClFN2O2/c1-21-13-6-5-10(18)7-9(13)8-19-15(20)11-3-2-4-12(16)14(11)17/h2-7H,8,18H2,1H3,(H,19,20). The molecule has 0 aliphatic carbocycles. The van der Waals surface area contributed by atoms with E-state index in [0.717, 1.165) is 0 Å². The quantitative estimate of drug-likeness (QED) is 0.853. The Bertz CT molecular complexity index is 677. The second kappa shape index (κ2) is 6.45. The van der Waals surface area contributed by atoms with Crippen LogP contribution in [0.25, 0.3) is 0 Å². The number of amides is 1. The number of hydrogen-bond donors (Lipinski definition) is 2. The molecule has 0 aromatic heterocycles. The summed E-state index contributed by atoms with van der Waals surface area (Å²) < 4.78 is 18.9. The van der Waals surface area contributed by atoms with E-state index in [-0.39, 0.29) is 17.1 Å². The average molecular weight is 309 g/mol. The molecule has 0 spiro atoms. The molecule has 6 heteroatoms. The Morgan fingerprint density at radius 1 is 1.38 bits per heavy atom. The molecule has 3 N–H and O–H groups in total. The maximum Gasteiger partial charge on any atom is 0.254 e. The summed E-state index contributed by atoms with van der Waals surface area (Å²) in [5.41, 5.74) is 6.84. The van der Waals surface area contributed by atoms with E-state index in [1.54, 1.807) is 18.2 Å². The normalized spacial score (nSPS) is 10.2. The third-order valence-corrected chi connectivity index (χ3v) is 3.23. The molecule has 0 aliphatic heterocycles. The van der Waals surface area contributed by atoms with E-state index in [1.807, 2.05) is 0 Å². The maximum absolute atomic E-state index is 13.7. The minimum atomic E-state index is -0.740. The fourth-order valence-corrected chi connectivity index (χ4v) is 2.06. The Hall–Kier alpha value is -2.27. The van der Waals surface area contributed by atoms with Crippen LogP contribution in [-0.4, -0.2) is 13.0 Å². The van der Waals surface area contributed by atoms with Crippen LogP contribution in [-0.2, 0) is 6.54 Å². The van der Waals surface area contributed by atoms with Gasteiger partial charge < -0.3 is 15.8 Å². The fourth-order valence-electron chi connectivity index (χ4n) is 1.89. The molecular formula is C15H14ClFN2O2. The largest absolute Gasteiger partial charge is 0.496 e. The lowest BCUT2D eigenvalue weighted by Gasteiger charge is -2.11. The summed E-state index contributed by atoms with van der Waals surface area (Å²) in [6, 6.07) is 9.36. The van der Waals surface area contributed by atoms with Crippen LogP contribution in [0.5, 0.6) is 5.75 Å². The summed E-state index contributed by atoms with van der Waals surface area (Å²) >= 11 is 5.65. The highest BCUT2D eigenvalue weighted by molar-refractivity contribution is 6.31. The second-order valence-corrected chi connectivity index (χ2v) is 4.76. The second-order valence-electron chi connectivity index (χ2n) is 4.36. The van der Waals surface area contributed by atoms with Gasteiger partial charge in [0, 0.05) is 17.8 Å². The molecule has 0 atom stereocenters. The molecule has 2 aromatic carbocycles. The van der Waals surface area contributed by atoms with Gasteiger partial charge in [0.25, 0.3) is 5.91 Å². The van der Waals surface area contributed by atoms with Gasteiger partial charge in [0.1, 0.15) is 5.75 Å². The minimum absolute atomic E-state index is 0.0933. The van der Waals surface area contributed by atoms with Crippen molar-refractivity contribution >= 4 is 23.2 Å². The van der Waals surface area contributed by atoms with Crippen LogP contribution < -0.4 is 15.8 Å². The van der Waals surface area contributed by atoms with Gasteiger partial charge in [0.05, 0.1) is 17.7 Å². The molecule has 2 rings (SSSR count). The molecule has 110 valence electrons. The van der Waals surface area contributed by atoms with Gasteiger partial charge >= 0.3 is 0 Å². The molecule has 0 unspecified atom stereocenters. The van der Waals surface area contributed by atoms with Crippen LogP contribution in [0.2, 0.25) is 5.02 Å². The first kappa shape index (κ1) is 15.1. The number of benzene rings is 2. The molecule has 0 saturated heterocycles. The smallest absolute Gasteiger partial charge is 0.254 e. The van der Waals surface area contributed by atoms with E-state index < -0.39 is 11.7 Å². The third kappa shape index (κ3) is 3.44. The molecular weight excluding hydrogens is 295 g/mol. The van der Waals surface area contributed by atoms with Crippen molar-refractivity contribution in [3.8, 4) is 5.75 Å². The van der Waals surface area contributed by atoms with Crippen molar-refractivity contribution in [3.63, 3.8) is 0 Å². The highest BCUT2D eigenvalue weighted by Gasteiger charge is 2.14. The Morgan fingerprint density at radius 2 is 2.14 bits per heavy atom. The van der Waals surface area contributed by atoms with Crippen LogP contribution in [0.3, 0.4) is 0 Å². The lowest BCUT2D eigenvalue weighted by molar-refractivity contribution is 0.0946.